The van der Waals surface area contributed by atoms with Crippen molar-refractivity contribution in [1.82, 2.24) is 19.9 Å². The Hall–Kier alpha value is -2.41. The minimum absolute atomic E-state index is 0.0504. The molecule has 1 aromatic carbocycles. The summed E-state index contributed by atoms with van der Waals surface area (Å²) in [5, 5.41) is 6.77. The fourth-order valence-electron chi connectivity index (χ4n) is 2.86. The molecule has 2 amide bonds. The first-order chi connectivity index (χ1) is 12.0. The van der Waals surface area contributed by atoms with Crippen LogP contribution in [0.25, 0.3) is 0 Å². The first-order valence-corrected chi connectivity index (χ1v) is 8.68. The number of nitrogens with zero attached hydrogens (tertiary/aromatic N) is 4. The van der Waals surface area contributed by atoms with E-state index in [-0.39, 0.29) is 6.03 Å². The summed E-state index contributed by atoms with van der Waals surface area (Å²) in [7, 11) is 0. The Balaban J connectivity index is 1.48. The van der Waals surface area contributed by atoms with Crippen LogP contribution in [0.3, 0.4) is 0 Å². The molecular weight excluding hydrogens is 318 g/mol. The number of rotatable bonds is 4. The van der Waals surface area contributed by atoms with Gasteiger partial charge in [-0.2, -0.15) is 4.98 Å². The molecule has 0 saturated carbocycles. The summed E-state index contributed by atoms with van der Waals surface area (Å²) in [5.74, 6) is 1.76. The second-order valence-corrected chi connectivity index (χ2v) is 6.71. The van der Waals surface area contributed by atoms with Crippen molar-refractivity contribution in [2.24, 2.45) is 0 Å². The third-order valence-corrected chi connectivity index (χ3v) is 4.42. The van der Waals surface area contributed by atoms with E-state index >= 15 is 0 Å². The van der Waals surface area contributed by atoms with Crippen molar-refractivity contribution in [3.63, 3.8) is 0 Å². The molecule has 2 aromatic rings. The van der Waals surface area contributed by atoms with Crippen LogP contribution in [0.4, 0.5) is 10.5 Å². The Morgan fingerprint density at radius 1 is 1.20 bits per heavy atom. The lowest BCUT2D eigenvalue weighted by Gasteiger charge is -2.33. The number of piperazine rings is 1. The van der Waals surface area contributed by atoms with Crippen LogP contribution < -0.4 is 5.32 Å². The lowest BCUT2D eigenvalue weighted by molar-refractivity contribution is 0.133. The van der Waals surface area contributed by atoms with Crippen molar-refractivity contribution in [3.8, 4) is 0 Å². The molecule has 0 unspecified atom stereocenters. The zero-order valence-corrected chi connectivity index (χ0v) is 15.0. The van der Waals surface area contributed by atoms with E-state index in [0.29, 0.717) is 37.3 Å². The second-order valence-electron chi connectivity index (χ2n) is 6.71. The third kappa shape index (κ3) is 4.57. The number of benzene rings is 1. The van der Waals surface area contributed by atoms with Crippen molar-refractivity contribution in [1.29, 1.82) is 0 Å². The Bertz CT molecular complexity index is 703. The average Bonchev–Trinajstić information content (AvgIpc) is 3.01. The first-order valence-electron chi connectivity index (χ1n) is 8.68. The van der Waals surface area contributed by atoms with Gasteiger partial charge in [0.25, 0.3) is 0 Å². The van der Waals surface area contributed by atoms with Crippen molar-refractivity contribution < 1.29 is 9.32 Å². The zero-order valence-electron chi connectivity index (χ0n) is 15.0. The Morgan fingerprint density at radius 2 is 1.88 bits per heavy atom. The molecule has 1 fully saturated rings. The van der Waals surface area contributed by atoms with E-state index in [4.69, 9.17) is 4.52 Å². The summed E-state index contributed by atoms with van der Waals surface area (Å²) in [5.41, 5.74) is 2.10. The lowest BCUT2D eigenvalue weighted by atomic mass is 10.0. The smallest absolute Gasteiger partial charge is 0.321 e. The number of carbonyl (C=O) groups excluding carboxylic acids is 1. The highest BCUT2D eigenvalue weighted by molar-refractivity contribution is 5.89. The largest absolute Gasteiger partial charge is 0.338 e. The Kier molecular flexibility index (Phi) is 5.33. The predicted octanol–water partition coefficient (Wildman–Crippen LogP) is 2.85. The monoisotopic (exact) mass is 343 g/mol. The summed E-state index contributed by atoms with van der Waals surface area (Å²) < 4.78 is 5.15. The van der Waals surface area contributed by atoms with Gasteiger partial charge in [0.2, 0.25) is 5.89 Å². The third-order valence-electron chi connectivity index (χ3n) is 4.42. The summed E-state index contributed by atoms with van der Waals surface area (Å²) >= 11 is 0. The van der Waals surface area contributed by atoms with E-state index in [0.717, 1.165) is 18.8 Å². The molecule has 0 radical (unpaired) electrons. The molecule has 7 heteroatoms. The van der Waals surface area contributed by atoms with Gasteiger partial charge in [-0.3, -0.25) is 4.90 Å². The highest BCUT2D eigenvalue weighted by atomic mass is 16.5. The fourth-order valence-corrected chi connectivity index (χ4v) is 2.86. The number of aryl methyl sites for hydroxylation is 1. The summed E-state index contributed by atoms with van der Waals surface area (Å²) in [6.07, 6.45) is 0. The summed E-state index contributed by atoms with van der Waals surface area (Å²) in [6, 6.07) is 7.99. The number of carbonyl (C=O) groups is 1. The van der Waals surface area contributed by atoms with Crippen molar-refractivity contribution >= 4 is 11.7 Å². The number of amides is 2. The van der Waals surface area contributed by atoms with Gasteiger partial charge < -0.3 is 14.7 Å². The molecule has 134 valence electrons. The molecule has 1 aliphatic rings. The Labute approximate surface area is 148 Å². The predicted molar refractivity (Wildman–Crippen MR) is 95.4 cm³/mol. The van der Waals surface area contributed by atoms with Crippen LogP contribution in [0.15, 0.2) is 28.8 Å². The molecule has 1 saturated heterocycles. The van der Waals surface area contributed by atoms with E-state index in [1.165, 1.54) is 5.56 Å². The van der Waals surface area contributed by atoms with E-state index < -0.39 is 0 Å². The minimum atomic E-state index is -0.0504. The topological polar surface area (TPSA) is 74.5 Å². The van der Waals surface area contributed by atoms with Crippen LogP contribution >= 0.6 is 0 Å². The number of anilines is 1. The number of hydrogen-bond donors (Lipinski definition) is 1. The number of nitrogens with one attached hydrogen (secondary N) is 1. The van der Waals surface area contributed by atoms with Crippen LogP contribution in [0.5, 0.6) is 0 Å². The molecule has 2 heterocycles. The molecule has 0 aliphatic carbocycles. The number of hydrogen-bond acceptors (Lipinski definition) is 5. The molecule has 7 nitrogen and oxygen atoms in total. The molecular formula is C18H25N5O2. The van der Waals surface area contributed by atoms with Gasteiger partial charge in [0.15, 0.2) is 5.82 Å². The Morgan fingerprint density at radius 3 is 2.44 bits per heavy atom. The van der Waals surface area contributed by atoms with Crippen LogP contribution in [0.1, 0.15) is 37.0 Å². The van der Waals surface area contributed by atoms with Gasteiger partial charge in [-0.05, 0) is 30.5 Å². The maximum Gasteiger partial charge on any atom is 0.321 e. The molecule has 0 bridgehead atoms. The minimum Gasteiger partial charge on any atom is -0.338 e. The SMILES string of the molecule is Cc1noc(CN2CCN(C(=O)Nc3ccc(C(C)C)cc3)CC2)n1. The van der Waals surface area contributed by atoms with Gasteiger partial charge in [0.1, 0.15) is 0 Å². The zero-order chi connectivity index (χ0) is 17.8. The standard InChI is InChI=1S/C18H25N5O2/c1-13(2)15-4-6-16(7-5-15)20-18(24)23-10-8-22(9-11-23)12-17-19-14(3)21-25-17/h4-7,13H,8-12H2,1-3H3,(H,20,24). The van der Waals surface area contributed by atoms with Crippen molar-refractivity contribution in [3.05, 3.63) is 41.5 Å². The van der Waals surface area contributed by atoms with Gasteiger partial charge in [0.05, 0.1) is 6.54 Å². The summed E-state index contributed by atoms with van der Waals surface area (Å²) in [6.45, 7) is 9.70. The van der Waals surface area contributed by atoms with Gasteiger partial charge in [-0.15, -0.1) is 0 Å². The van der Waals surface area contributed by atoms with E-state index in [1.807, 2.05) is 24.0 Å². The van der Waals surface area contributed by atoms with Crippen molar-refractivity contribution in [2.75, 3.05) is 31.5 Å². The molecule has 0 spiro atoms. The highest BCUT2D eigenvalue weighted by Crippen LogP contribution is 2.17. The quantitative estimate of drug-likeness (QED) is 0.924. The van der Waals surface area contributed by atoms with Gasteiger partial charge >= 0.3 is 6.03 Å². The number of urea groups is 1. The second kappa shape index (κ2) is 7.65. The van der Waals surface area contributed by atoms with Crippen LogP contribution in [-0.4, -0.2) is 52.2 Å². The molecule has 1 aliphatic heterocycles. The molecule has 3 rings (SSSR count). The molecule has 0 atom stereocenters. The van der Waals surface area contributed by atoms with E-state index in [9.17, 15) is 4.79 Å². The van der Waals surface area contributed by atoms with Gasteiger partial charge in [-0.1, -0.05) is 31.1 Å². The first kappa shape index (κ1) is 17.4. The van der Waals surface area contributed by atoms with Crippen molar-refractivity contribution in [2.45, 2.75) is 33.2 Å². The number of aromatic nitrogens is 2. The maximum atomic E-state index is 12.4. The fraction of sp³-hybridized carbons (Fsp3) is 0.500. The van der Waals surface area contributed by atoms with E-state index in [1.54, 1.807) is 0 Å². The van der Waals surface area contributed by atoms with Crippen LogP contribution in [0, 0.1) is 6.92 Å². The van der Waals surface area contributed by atoms with Gasteiger partial charge in [-0.25, -0.2) is 4.79 Å². The summed E-state index contributed by atoms with van der Waals surface area (Å²) in [4.78, 5) is 20.7. The van der Waals surface area contributed by atoms with Gasteiger partial charge in [0, 0.05) is 31.9 Å². The average molecular weight is 343 g/mol. The van der Waals surface area contributed by atoms with Crippen LogP contribution in [0.2, 0.25) is 0 Å². The van der Waals surface area contributed by atoms with E-state index in [2.05, 4.69) is 46.3 Å². The lowest BCUT2D eigenvalue weighted by Crippen LogP contribution is -2.49. The molecule has 1 aromatic heterocycles. The normalized spacial score (nSPS) is 15.6. The molecule has 1 N–H and O–H groups in total. The molecule has 25 heavy (non-hydrogen) atoms. The maximum absolute atomic E-state index is 12.4. The van der Waals surface area contributed by atoms with Crippen LogP contribution in [-0.2, 0) is 6.54 Å². The highest BCUT2D eigenvalue weighted by Gasteiger charge is 2.22.